The summed E-state index contributed by atoms with van der Waals surface area (Å²) in [7, 11) is 0. The summed E-state index contributed by atoms with van der Waals surface area (Å²) in [5, 5.41) is 0. The minimum atomic E-state index is -1.18. The van der Waals surface area contributed by atoms with Gasteiger partial charge in [0.25, 0.3) is 0 Å². The Kier molecular flexibility index (Phi) is 19.1. The standard InChI is InChI=1S/C74H63FO11/c1-2-38-77-71-65(80-47-54-28-14-5-15-29-54)39-59(40-66(71)81-48-55-30-16-6-17-31-55)70-68(43-61-63(79-46-53-26-12-4-13-27-53)41-60(42-64(61)85-70)78-45-52-24-10-3-11-25-52)86-74(76)62-44-67(82-49-56-32-18-7-19-33-56)72(83-50-57-34-20-8-21-35-57)73(69(62)75)84-51-58-36-22-9-23-37-58/h2-37,39-42,44,68,70H,1,38,43,45-51H2/t68-,70+/m1/s1. The highest BCUT2D eigenvalue weighted by Crippen LogP contribution is 2.49. The monoisotopic (exact) mass is 1150 g/mol. The van der Waals surface area contributed by atoms with Gasteiger partial charge in [-0.2, -0.15) is 0 Å². The third-order valence-electron chi connectivity index (χ3n) is 14.1. The normalized spacial score (nSPS) is 13.2. The number of esters is 1. The fraction of sp³-hybridized carbons (Fsp3) is 0.149. The lowest BCUT2D eigenvalue weighted by molar-refractivity contribution is -0.0195. The molecular formula is C74H63FO11. The first-order valence-corrected chi connectivity index (χ1v) is 28.4. The van der Waals surface area contributed by atoms with Crippen LogP contribution in [0.3, 0.4) is 0 Å². The molecule has 2 atom stereocenters. The second kappa shape index (κ2) is 28.7. The fourth-order valence-electron chi connectivity index (χ4n) is 9.74. The Morgan fingerprint density at radius 1 is 0.430 bits per heavy atom. The van der Waals surface area contributed by atoms with E-state index >= 15 is 9.18 Å². The van der Waals surface area contributed by atoms with Crippen molar-refractivity contribution < 1.29 is 56.6 Å². The fourth-order valence-corrected chi connectivity index (χ4v) is 9.74. The minimum absolute atomic E-state index is 0.0264. The summed E-state index contributed by atoms with van der Waals surface area (Å²) in [6, 6.07) is 75.9. The molecule has 0 unspecified atom stereocenters. The number of hydrogen-bond acceptors (Lipinski definition) is 11. The number of carbonyl (C=O) groups excluding carboxylic acids is 1. The highest BCUT2D eigenvalue weighted by atomic mass is 19.1. The van der Waals surface area contributed by atoms with Crippen LogP contribution in [0, 0.1) is 5.82 Å². The Hall–Kier alpha value is -10.5. The third-order valence-corrected chi connectivity index (χ3v) is 14.1. The van der Waals surface area contributed by atoms with E-state index in [-0.39, 0.29) is 76.5 Å². The lowest BCUT2D eigenvalue weighted by atomic mass is 9.93. The van der Waals surface area contributed by atoms with E-state index in [2.05, 4.69) is 6.58 Å². The summed E-state index contributed by atoms with van der Waals surface area (Å²) >= 11 is 0. The van der Waals surface area contributed by atoms with E-state index in [1.54, 1.807) is 24.3 Å². The van der Waals surface area contributed by atoms with Crippen LogP contribution in [-0.2, 0) is 57.4 Å². The zero-order valence-electron chi connectivity index (χ0n) is 47.3. The zero-order valence-corrected chi connectivity index (χ0v) is 47.3. The number of ether oxygens (including phenoxy) is 10. The summed E-state index contributed by atoms with van der Waals surface area (Å²) in [4.78, 5) is 15.5. The average Bonchev–Trinajstić information content (AvgIpc) is 1.52. The maximum atomic E-state index is 18.0. The number of rotatable bonds is 27. The average molecular weight is 1150 g/mol. The van der Waals surface area contributed by atoms with Gasteiger partial charge in [-0.15, -0.1) is 0 Å². The van der Waals surface area contributed by atoms with Crippen molar-refractivity contribution in [3.05, 3.63) is 317 Å². The lowest BCUT2D eigenvalue weighted by Gasteiger charge is -2.35. The quantitative estimate of drug-likeness (QED) is 0.0363. The van der Waals surface area contributed by atoms with Gasteiger partial charge >= 0.3 is 5.97 Å². The summed E-state index contributed by atoms with van der Waals surface area (Å²) in [6.45, 7) is 4.85. The Morgan fingerprint density at radius 2 is 0.802 bits per heavy atom. The largest absolute Gasteiger partial charge is 0.489 e. The topological polar surface area (TPSA) is 109 Å². The molecule has 0 saturated heterocycles. The third kappa shape index (κ3) is 15.0. The van der Waals surface area contributed by atoms with Gasteiger partial charge in [-0.05, 0) is 51.1 Å². The number of fused-ring (bicyclic) bond motifs is 1. The van der Waals surface area contributed by atoms with Crippen LogP contribution >= 0.6 is 0 Å². The van der Waals surface area contributed by atoms with Gasteiger partial charge in [0.05, 0.1) is 0 Å². The Balaban J connectivity index is 1.04. The van der Waals surface area contributed by atoms with Crippen LogP contribution < -0.4 is 42.6 Å². The molecule has 0 radical (unpaired) electrons. The smallest absolute Gasteiger partial charge is 0.341 e. The summed E-state index contributed by atoms with van der Waals surface area (Å²) < 4.78 is 84.1. The van der Waals surface area contributed by atoms with Crippen LogP contribution in [0.1, 0.15) is 66.5 Å². The molecule has 0 aromatic heterocycles. The van der Waals surface area contributed by atoms with E-state index in [0.29, 0.717) is 45.6 Å². The molecule has 0 fully saturated rings. The number of hydrogen-bond donors (Lipinski definition) is 0. The molecule has 0 amide bonds. The Morgan fingerprint density at radius 3 is 1.22 bits per heavy atom. The lowest BCUT2D eigenvalue weighted by Crippen LogP contribution is -2.35. The first-order valence-electron chi connectivity index (χ1n) is 28.4. The van der Waals surface area contributed by atoms with Crippen molar-refractivity contribution in [3.63, 3.8) is 0 Å². The van der Waals surface area contributed by atoms with Crippen molar-refractivity contribution >= 4 is 5.97 Å². The molecule has 10 aromatic rings. The van der Waals surface area contributed by atoms with Crippen molar-refractivity contribution in [2.75, 3.05) is 6.61 Å². The Labute approximate surface area is 500 Å². The van der Waals surface area contributed by atoms with Gasteiger partial charge in [0.15, 0.2) is 29.2 Å². The van der Waals surface area contributed by atoms with E-state index < -0.39 is 29.6 Å². The molecule has 11 rings (SSSR count). The second-order valence-electron chi connectivity index (χ2n) is 20.3. The van der Waals surface area contributed by atoms with Crippen molar-refractivity contribution in [1.82, 2.24) is 0 Å². The molecule has 432 valence electrons. The number of carbonyl (C=O) groups is 1. The number of benzene rings is 10. The molecule has 0 saturated carbocycles. The van der Waals surface area contributed by atoms with Crippen molar-refractivity contribution in [3.8, 4) is 51.7 Å². The molecule has 0 spiro atoms. The van der Waals surface area contributed by atoms with Crippen LogP contribution in [0.2, 0.25) is 0 Å². The minimum Gasteiger partial charge on any atom is -0.489 e. The van der Waals surface area contributed by atoms with Crippen LogP contribution in [0.25, 0.3) is 0 Å². The van der Waals surface area contributed by atoms with Crippen molar-refractivity contribution in [2.24, 2.45) is 0 Å². The van der Waals surface area contributed by atoms with Crippen LogP contribution in [0.15, 0.2) is 255 Å². The zero-order chi connectivity index (χ0) is 58.7. The maximum absolute atomic E-state index is 18.0. The van der Waals surface area contributed by atoms with Crippen molar-refractivity contribution in [2.45, 2.75) is 64.9 Å². The predicted molar refractivity (Wildman–Crippen MR) is 327 cm³/mol. The summed E-state index contributed by atoms with van der Waals surface area (Å²) in [5.41, 5.74) is 6.66. The molecule has 11 nitrogen and oxygen atoms in total. The van der Waals surface area contributed by atoms with Gasteiger partial charge in [-0.1, -0.05) is 225 Å². The Bertz CT molecular complexity index is 3730. The first kappa shape index (κ1) is 57.4. The van der Waals surface area contributed by atoms with E-state index in [0.717, 1.165) is 38.9 Å². The summed E-state index contributed by atoms with van der Waals surface area (Å²) in [5.74, 6) is -0.0920. The maximum Gasteiger partial charge on any atom is 0.341 e. The van der Waals surface area contributed by atoms with Gasteiger partial charge in [-0.3, -0.25) is 0 Å². The molecule has 1 aliphatic rings. The molecule has 0 bridgehead atoms. The second-order valence-corrected chi connectivity index (χ2v) is 20.3. The van der Waals surface area contributed by atoms with Gasteiger partial charge in [0.2, 0.25) is 17.2 Å². The number of halogens is 1. The molecule has 1 heterocycles. The molecule has 10 aromatic carbocycles. The molecule has 0 aliphatic carbocycles. The predicted octanol–water partition coefficient (Wildman–Crippen LogP) is 16.3. The van der Waals surface area contributed by atoms with Crippen molar-refractivity contribution in [1.29, 1.82) is 0 Å². The molecule has 12 heteroatoms. The molecule has 1 aliphatic heterocycles. The van der Waals surface area contributed by atoms with Gasteiger partial charge in [-0.25, -0.2) is 9.18 Å². The van der Waals surface area contributed by atoms with Gasteiger partial charge in [0, 0.05) is 35.7 Å². The molecule has 86 heavy (non-hydrogen) atoms. The van der Waals surface area contributed by atoms with Crippen LogP contribution in [-0.4, -0.2) is 18.7 Å². The van der Waals surface area contributed by atoms with E-state index in [4.69, 9.17) is 47.4 Å². The van der Waals surface area contributed by atoms with E-state index in [9.17, 15) is 0 Å². The van der Waals surface area contributed by atoms with Crippen LogP contribution in [0.5, 0.6) is 51.7 Å². The SMILES string of the molecule is C=CCOc1c(OCc2ccccc2)cc([C@@H]2Oc3cc(OCc4ccccc4)cc(OCc4ccccc4)c3C[C@H]2OC(=O)c2cc(OCc3ccccc3)c(OCc3ccccc3)c(OCc3ccccc3)c2F)cc1OCc1ccccc1. The first-order chi connectivity index (χ1) is 42.4. The van der Waals surface area contributed by atoms with E-state index in [1.807, 2.05) is 218 Å². The molecular weight excluding hydrogens is 1080 g/mol. The van der Waals surface area contributed by atoms with E-state index in [1.165, 1.54) is 6.07 Å². The van der Waals surface area contributed by atoms with Gasteiger partial charge < -0.3 is 47.4 Å². The summed E-state index contributed by atoms with van der Waals surface area (Å²) in [6.07, 6.45) is -0.620. The van der Waals surface area contributed by atoms with Crippen LogP contribution in [0.4, 0.5) is 4.39 Å². The highest BCUT2D eigenvalue weighted by molar-refractivity contribution is 5.92. The highest BCUT2D eigenvalue weighted by Gasteiger charge is 2.39. The van der Waals surface area contributed by atoms with Gasteiger partial charge in [0.1, 0.15) is 81.8 Å². The molecule has 0 N–H and O–H groups in total.